The van der Waals surface area contributed by atoms with Gasteiger partial charge in [-0.2, -0.15) is 0 Å². The average Bonchev–Trinajstić information content (AvgIpc) is 2.34. The normalized spacial score (nSPS) is 10.7. The zero-order valence-electron chi connectivity index (χ0n) is 9.45. The van der Waals surface area contributed by atoms with Gasteiger partial charge in [0.1, 0.15) is 10.3 Å². The molecule has 0 N–H and O–H groups in total. The van der Waals surface area contributed by atoms with Gasteiger partial charge in [0, 0.05) is 10.0 Å². The third-order valence-corrected chi connectivity index (χ3v) is 3.91. The highest BCUT2D eigenvalue weighted by Crippen LogP contribution is 2.16. The van der Waals surface area contributed by atoms with Crippen LogP contribution in [-0.2, 0) is 6.54 Å². The molecule has 1 heterocycles. The molecule has 2 rings (SSSR count). The largest absolute Gasteiger partial charge is 0.294 e. The van der Waals surface area contributed by atoms with Crippen molar-refractivity contribution < 1.29 is 4.39 Å². The summed E-state index contributed by atoms with van der Waals surface area (Å²) in [6.45, 7) is 1.88. The zero-order valence-corrected chi connectivity index (χ0v) is 12.6. The standard InChI is InChI=1S/C12H9Br2FN2O/c1-7-11(14)12(18)17(6-16-7)5-8-4-9(13)2-3-10(8)15/h2-4,6H,5H2,1H3. The Hall–Kier alpha value is -1.01. The van der Waals surface area contributed by atoms with Gasteiger partial charge in [0.05, 0.1) is 18.6 Å². The molecule has 0 atom stereocenters. The summed E-state index contributed by atoms with van der Waals surface area (Å²) in [4.78, 5) is 16.0. The molecule has 0 aliphatic heterocycles. The maximum absolute atomic E-state index is 13.6. The van der Waals surface area contributed by atoms with E-state index in [1.807, 2.05) is 0 Å². The van der Waals surface area contributed by atoms with Crippen LogP contribution in [0.5, 0.6) is 0 Å². The third-order valence-electron chi connectivity index (χ3n) is 2.51. The summed E-state index contributed by atoms with van der Waals surface area (Å²) in [6, 6.07) is 4.63. The molecule has 0 bridgehead atoms. The predicted molar refractivity (Wildman–Crippen MR) is 74.1 cm³/mol. The van der Waals surface area contributed by atoms with Crippen LogP contribution in [0.15, 0.2) is 38.3 Å². The fourth-order valence-electron chi connectivity index (χ4n) is 1.51. The first-order valence-corrected chi connectivity index (χ1v) is 6.73. The fraction of sp³-hybridized carbons (Fsp3) is 0.167. The van der Waals surface area contributed by atoms with E-state index >= 15 is 0 Å². The molecule has 0 saturated heterocycles. The van der Waals surface area contributed by atoms with Gasteiger partial charge in [-0.15, -0.1) is 0 Å². The van der Waals surface area contributed by atoms with Gasteiger partial charge in [-0.1, -0.05) is 15.9 Å². The molecular weight excluding hydrogens is 367 g/mol. The Kier molecular flexibility index (Phi) is 3.97. The summed E-state index contributed by atoms with van der Waals surface area (Å²) in [7, 11) is 0. The van der Waals surface area contributed by atoms with Crippen LogP contribution in [0.1, 0.15) is 11.3 Å². The lowest BCUT2D eigenvalue weighted by Gasteiger charge is -2.08. The summed E-state index contributed by atoms with van der Waals surface area (Å²) in [5, 5.41) is 0. The van der Waals surface area contributed by atoms with Crippen LogP contribution in [-0.4, -0.2) is 9.55 Å². The topological polar surface area (TPSA) is 34.9 Å². The van der Waals surface area contributed by atoms with E-state index in [4.69, 9.17) is 0 Å². The maximum Gasteiger partial charge on any atom is 0.268 e. The van der Waals surface area contributed by atoms with Crippen LogP contribution in [0.4, 0.5) is 4.39 Å². The van der Waals surface area contributed by atoms with Crippen LogP contribution in [0.25, 0.3) is 0 Å². The van der Waals surface area contributed by atoms with Crippen molar-refractivity contribution in [2.75, 3.05) is 0 Å². The van der Waals surface area contributed by atoms with Crippen LogP contribution >= 0.6 is 31.9 Å². The highest BCUT2D eigenvalue weighted by Gasteiger charge is 2.08. The molecule has 2 aromatic rings. The van der Waals surface area contributed by atoms with E-state index < -0.39 is 0 Å². The first-order chi connectivity index (χ1) is 8.49. The lowest BCUT2D eigenvalue weighted by molar-refractivity contribution is 0.592. The van der Waals surface area contributed by atoms with E-state index in [-0.39, 0.29) is 17.9 Å². The van der Waals surface area contributed by atoms with Crippen molar-refractivity contribution in [3.8, 4) is 0 Å². The van der Waals surface area contributed by atoms with E-state index in [0.29, 0.717) is 15.7 Å². The van der Waals surface area contributed by atoms with Gasteiger partial charge < -0.3 is 0 Å². The molecule has 0 fully saturated rings. The van der Waals surface area contributed by atoms with Gasteiger partial charge in [0.15, 0.2) is 0 Å². The number of nitrogens with zero attached hydrogens (tertiary/aromatic N) is 2. The van der Waals surface area contributed by atoms with Gasteiger partial charge in [-0.05, 0) is 41.1 Å². The summed E-state index contributed by atoms with van der Waals surface area (Å²) in [5.74, 6) is -0.346. The predicted octanol–water partition coefficient (Wildman–Crippen LogP) is 3.26. The number of rotatable bonds is 2. The molecule has 94 valence electrons. The van der Waals surface area contributed by atoms with E-state index in [1.54, 1.807) is 19.1 Å². The Labute approximate surface area is 120 Å². The van der Waals surface area contributed by atoms with Gasteiger partial charge in [0.25, 0.3) is 5.56 Å². The van der Waals surface area contributed by atoms with Gasteiger partial charge in [0.2, 0.25) is 0 Å². The van der Waals surface area contributed by atoms with Crippen molar-refractivity contribution in [2.45, 2.75) is 13.5 Å². The Morgan fingerprint density at radius 2 is 2.11 bits per heavy atom. The molecule has 0 amide bonds. The minimum atomic E-state index is -0.346. The second-order valence-corrected chi connectivity index (χ2v) is 5.52. The monoisotopic (exact) mass is 374 g/mol. The molecule has 3 nitrogen and oxygen atoms in total. The number of halogens is 3. The molecule has 1 aromatic heterocycles. The van der Waals surface area contributed by atoms with Crippen molar-refractivity contribution in [3.05, 3.63) is 60.9 Å². The van der Waals surface area contributed by atoms with Crippen molar-refractivity contribution in [1.29, 1.82) is 0 Å². The Balaban J connectivity index is 2.44. The highest BCUT2D eigenvalue weighted by atomic mass is 79.9. The first kappa shape index (κ1) is 13.4. The van der Waals surface area contributed by atoms with Crippen LogP contribution in [0.3, 0.4) is 0 Å². The Morgan fingerprint density at radius 3 is 2.83 bits per heavy atom. The molecular formula is C12H9Br2FN2O. The number of benzene rings is 1. The third kappa shape index (κ3) is 2.70. The van der Waals surface area contributed by atoms with Crippen LogP contribution in [0.2, 0.25) is 0 Å². The number of hydrogen-bond donors (Lipinski definition) is 0. The molecule has 0 spiro atoms. The summed E-state index contributed by atoms with van der Waals surface area (Å²) >= 11 is 6.45. The number of hydrogen-bond acceptors (Lipinski definition) is 2. The summed E-state index contributed by atoms with van der Waals surface area (Å²) < 4.78 is 16.1. The maximum atomic E-state index is 13.6. The minimum Gasteiger partial charge on any atom is -0.294 e. The molecule has 0 unspecified atom stereocenters. The Bertz CT molecular complexity index is 655. The molecule has 0 aliphatic carbocycles. The number of aryl methyl sites for hydroxylation is 1. The fourth-order valence-corrected chi connectivity index (χ4v) is 2.25. The molecule has 0 saturated carbocycles. The molecule has 6 heteroatoms. The number of aromatic nitrogens is 2. The van der Waals surface area contributed by atoms with Gasteiger partial charge in [-0.25, -0.2) is 9.37 Å². The molecule has 1 aromatic carbocycles. The van der Waals surface area contributed by atoms with Gasteiger partial charge >= 0.3 is 0 Å². The lowest BCUT2D eigenvalue weighted by atomic mass is 10.2. The highest BCUT2D eigenvalue weighted by molar-refractivity contribution is 9.10. The molecule has 0 radical (unpaired) electrons. The summed E-state index contributed by atoms with van der Waals surface area (Å²) in [5.41, 5.74) is 0.830. The molecule has 18 heavy (non-hydrogen) atoms. The SMILES string of the molecule is Cc1ncn(Cc2cc(Br)ccc2F)c(=O)c1Br. The van der Waals surface area contributed by atoms with E-state index in [0.717, 1.165) is 4.47 Å². The summed E-state index contributed by atoms with van der Waals surface area (Å²) in [6.07, 6.45) is 1.42. The quantitative estimate of drug-likeness (QED) is 0.807. The van der Waals surface area contributed by atoms with Crippen molar-refractivity contribution in [3.63, 3.8) is 0 Å². The van der Waals surface area contributed by atoms with Crippen LogP contribution < -0.4 is 5.56 Å². The van der Waals surface area contributed by atoms with Crippen molar-refractivity contribution >= 4 is 31.9 Å². The van der Waals surface area contributed by atoms with E-state index in [2.05, 4.69) is 36.8 Å². The zero-order chi connectivity index (χ0) is 13.3. The van der Waals surface area contributed by atoms with E-state index in [9.17, 15) is 9.18 Å². The first-order valence-electron chi connectivity index (χ1n) is 5.14. The molecule has 0 aliphatic rings. The lowest BCUT2D eigenvalue weighted by Crippen LogP contribution is -2.23. The average molecular weight is 376 g/mol. The van der Waals surface area contributed by atoms with Crippen molar-refractivity contribution in [2.24, 2.45) is 0 Å². The minimum absolute atomic E-state index is 0.149. The second kappa shape index (κ2) is 5.32. The van der Waals surface area contributed by atoms with Crippen molar-refractivity contribution in [1.82, 2.24) is 9.55 Å². The van der Waals surface area contributed by atoms with Crippen LogP contribution in [0, 0.1) is 12.7 Å². The van der Waals surface area contributed by atoms with E-state index in [1.165, 1.54) is 17.0 Å². The smallest absolute Gasteiger partial charge is 0.268 e. The van der Waals surface area contributed by atoms with Gasteiger partial charge in [-0.3, -0.25) is 9.36 Å². The second-order valence-electron chi connectivity index (χ2n) is 3.81. The Morgan fingerprint density at radius 1 is 1.39 bits per heavy atom.